The molecule has 0 aromatic carbocycles. The molecule has 2 aromatic heterocycles. The lowest BCUT2D eigenvalue weighted by molar-refractivity contribution is 0.0586. The van der Waals surface area contributed by atoms with E-state index in [1.165, 1.54) is 13.3 Å². The number of esters is 1. The summed E-state index contributed by atoms with van der Waals surface area (Å²) in [6, 6.07) is 1.70. The molecule has 0 aliphatic heterocycles. The maximum Gasteiger partial charge on any atom is 0.376 e. The van der Waals surface area contributed by atoms with Crippen LogP contribution in [-0.4, -0.2) is 32.6 Å². The molecule has 0 aliphatic carbocycles. The van der Waals surface area contributed by atoms with Crippen LogP contribution in [0.1, 0.15) is 16.4 Å². The molecule has 2 heterocycles. The molecule has 0 spiro atoms. The van der Waals surface area contributed by atoms with Crippen molar-refractivity contribution in [2.24, 2.45) is 0 Å². The van der Waals surface area contributed by atoms with Crippen LogP contribution in [0.2, 0.25) is 0 Å². The van der Waals surface area contributed by atoms with Crippen LogP contribution in [0.4, 0.5) is 0 Å². The number of aryl methyl sites for hydroxylation is 1. The summed E-state index contributed by atoms with van der Waals surface area (Å²) in [7, 11) is 1.29. The molecule has 0 bridgehead atoms. The first-order chi connectivity index (χ1) is 7.72. The summed E-state index contributed by atoms with van der Waals surface area (Å²) in [5, 5.41) is 0. The molecule has 0 fully saturated rings. The van der Waals surface area contributed by atoms with Crippen molar-refractivity contribution in [1.82, 2.24) is 19.5 Å². The molecule has 2 rings (SSSR count). The third-order valence-electron chi connectivity index (χ3n) is 2.08. The van der Waals surface area contributed by atoms with Gasteiger partial charge in [0.2, 0.25) is 5.82 Å². The number of carbonyl (C=O) groups is 1. The van der Waals surface area contributed by atoms with E-state index in [4.69, 9.17) is 0 Å². The highest BCUT2D eigenvalue weighted by Gasteiger charge is 2.10. The number of rotatable bonds is 2. The predicted octanol–water partition coefficient (Wildman–Crippen LogP) is 0.757. The molecule has 0 N–H and O–H groups in total. The Morgan fingerprint density at radius 1 is 1.38 bits per heavy atom. The second kappa shape index (κ2) is 4.09. The van der Waals surface area contributed by atoms with Gasteiger partial charge in [-0.15, -0.1) is 0 Å². The van der Waals surface area contributed by atoms with Gasteiger partial charge in [-0.3, -0.25) is 4.57 Å². The highest BCUT2D eigenvalue weighted by atomic mass is 16.5. The molecule has 0 saturated heterocycles. The second-order valence-electron chi connectivity index (χ2n) is 3.07. The maximum atomic E-state index is 11.2. The van der Waals surface area contributed by atoms with Gasteiger partial charge in [-0.1, -0.05) is 0 Å². The van der Waals surface area contributed by atoms with Crippen LogP contribution >= 0.6 is 0 Å². The molecule has 0 atom stereocenters. The van der Waals surface area contributed by atoms with E-state index in [2.05, 4.69) is 19.7 Å². The van der Waals surface area contributed by atoms with Gasteiger partial charge in [0, 0.05) is 18.6 Å². The van der Waals surface area contributed by atoms with Crippen LogP contribution in [0, 0.1) is 6.92 Å². The number of imidazole rings is 1. The molecule has 0 radical (unpaired) electrons. The number of hydrogen-bond acceptors (Lipinski definition) is 5. The Hall–Kier alpha value is -2.24. The van der Waals surface area contributed by atoms with E-state index in [1.807, 2.05) is 6.92 Å². The first kappa shape index (κ1) is 10.3. The van der Waals surface area contributed by atoms with Gasteiger partial charge in [0.05, 0.1) is 7.11 Å². The molecule has 6 heteroatoms. The minimum absolute atomic E-state index is 0.0353. The number of aromatic nitrogens is 4. The Balaban J connectivity index is 2.44. The molecule has 6 nitrogen and oxygen atoms in total. The van der Waals surface area contributed by atoms with E-state index >= 15 is 0 Å². The first-order valence-corrected chi connectivity index (χ1v) is 4.64. The second-order valence-corrected chi connectivity index (χ2v) is 3.07. The van der Waals surface area contributed by atoms with Gasteiger partial charge in [0.15, 0.2) is 0 Å². The summed E-state index contributed by atoms with van der Waals surface area (Å²) in [5.41, 5.74) is 0. The Bertz CT molecular complexity index is 521. The SMILES string of the molecule is COC(=O)c1nccc(-n2ccnc2C)n1. The van der Waals surface area contributed by atoms with E-state index < -0.39 is 5.97 Å². The molecule has 0 aliphatic rings. The standard InChI is InChI=1S/C10H10N4O2/c1-7-11-5-6-14(7)8-3-4-12-9(13-8)10(15)16-2/h3-6H,1-2H3. The highest BCUT2D eigenvalue weighted by Crippen LogP contribution is 2.06. The first-order valence-electron chi connectivity index (χ1n) is 4.64. The lowest BCUT2D eigenvalue weighted by Crippen LogP contribution is -2.10. The Labute approximate surface area is 91.9 Å². The van der Waals surface area contributed by atoms with Crippen molar-refractivity contribution in [3.05, 3.63) is 36.3 Å². The van der Waals surface area contributed by atoms with Gasteiger partial charge >= 0.3 is 5.97 Å². The van der Waals surface area contributed by atoms with Crippen LogP contribution in [0.3, 0.4) is 0 Å². The van der Waals surface area contributed by atoms with Crippen molar-refractivity contribution in [1.29, 1.82) is 0 Å². The average Bonchev–Trinajstić information content (AvgIpc) is 2.74. The minimum atomic E-state index is -0.556. The Morgan fingerprint density at radius 2 is 2.19 bits per heavy atom. The third-order valence-corrected chi connectivity index (χ3v) is 2.08. The molecule has 82 valence electrons. The number of ether oxygens (including phenoxy) is 1. The summed E-state index contributed by atoms with van der Waals surface area (Å²) in [6.07, 6.45) is 4.93. The molecule has 0 amide bonds. The normalized spacial score (nSPS) is 10.1. The van der Waals surface area contributed by atoms with Crippen LogP contribution < -0.4 is 0 Å². The fourth-order valence-electron chi connectivity index (χ4n) is 1.29. The lowest BCUT2D eigenvalue weighted by atomic mass is 10.5. The van der Waals surface area contributed by atoms with Gasteiger partial charge in [-0.2, -0.15) is 0 Å². The number of nitrogens with zero attached hydrogens (tertiary/aromatic N) is 4. The monoisotopic (exact) mass is 218 g/mol. The largest absolute Gasteiger partial charge is 0.463 e. The molecular weight excluding hydrogens is 208 g/mol. The highest BCUT2D eigenvalue weighted by molar-refractivity contribution is 5.85. The Kier molecular flexibility index (Phi) is 2.63. The van der Waals surface area contributed by atoms with Crippen LogP contribution in [0.25, 0.3) is 5.82 Å². The lowest BCUT2D eigenvalue weighted by Gasteiger charge is -2.04. The van der Waals surface area contributed by atoms with Crippen LogP contribution in [-0.2, 0) is 4.74 Å². The smallest absolute Gasteiger partial charge is 0.376 e. The van der Waals surface area contributed by atoms with E-state index in [9.17, 15) is 4.79 Å². The van der Waals surface area contributed by atoms with Crippen molar-refractivity contribution in [2.75, 3.05) is 7.11 Å². The van der Waals surface area contributed by atoms with Gasteiger partial charge in [-0.05, 0) is 13.0 Å². The van der Waals surface area contributed by atoms with Gasteiger partial charge in [0.25, 0.3) is 0 Å². The van der Waals surface area contributed by atoms with Gasteiger partial charge in [-0.25, -0.2) is 19.7 Å². The van der Waals surface area contributed by atoms with Crippen molar-refractivity contribution < 1.29 is 9.53 Å². The zero-order chi connectivity index (χ0) is 11.5. The zero-order valence-electron chi connectivity index (χ0n) is 8.91. The van der Waals surface area contributed by atoms with Crippen molar-refractivity contribution in [3.8, 4) is 5.82 Å². The number of methoxy groups -OCH3 is 1. The minimum Gasteiger partial charge on any atom is -0.463 e. The number of carbonyl (C=O) groups excluding carboxylic acids is 1. The van der Waals surface area contributed by atoms with Crippen LogP contribution in [0.15, 0.2) is 24.7 Å². The van der Waals surface area contributed by atoms with Crippen molar-refractivity contribution >= 4 is 5.97 Å². The van der Waals surface area contributed by atoms with Gasteiger partial charge in [0.1, 0.15) is 11.6 Å². The summed E-state index contributed by atoms with van der Waals surface area (Å²) >= 11 is 0. The molecule has 2 aromatic rings. The van der Waals surface area contributed by atoms with E-state index in [0.717, 1.165) is 5.82 Å². The summed E-state index contributed by atoms with van der Waals surface area (Å²) in [4.78, 5) is 23.2. The van der Waals surface area contributed by atoms with E-state index in [1.54, 1.807) is 23.0 Å². The quantitative estimate of drug-likeness (QED) is 0.696. The van der Waals surface area contributed by atoms with E-state index in [-0.39, 0.29) is 5.82 Å². The zero-order valence-corrected chi connectivity index (χ0v) is 8.91. The molecular formula is C10H10N4O2. The molecule has 16 heavy (non-hydrogen) atoms. The van der Waals surface area contributed by atoms with Crippen LogP contribution in [0.5, 0.6) is 0 Å². The summed E-state index contributed by atoms with van der Waals surface area (Å²) in [6.45, 7) is 1.85. The van der Waals surface area contributed by atoms with Gasteiger partial charge < -0.3 is 4.74 Å². The number of hydrogen-bond donors (Lipinski definition) is 0. The average molecular weight is 218 g/mol. The molecule has 0 unspecified atom stereocenters. The summed E-state index contributed by atoms with van der Waals surface area (Å²) < 4.78 is 6.31. The topological polar surface area (TPSA) is 69.9 Å². The summed E-state index contributed by atoms with van der Waals surface area (Å²) in [5.74, 6) is 0.854. The fourth-order valence-corrected chi connectivity index (χ4v) is 1.29. The maximum absolute atomic E-state index is 11.2. The van der Waals surface area contributed by atoms with Crippen molar-refractivity contribution in [3.63, 3.8) is 0 Å². The third kappa shape index (κ3) is 1.77. The predicted molar refractivity (Wildman–Crippen MR) is 55.2 cm³/mol. The fraction of sp³-hybridized carbons (Fsp3) is 0.200. The molecule has 0 saturated carbocycles. The van der Waals surface area contributed by atoms with E-state index in [0.29, 0.717) is 5.82 Å². The van der Waals surface area contributed by atoms with Crippen molar-refractivity contribution in [2.45, 2.75) is 6.92 Å². The Morgan fingerprint density at radius 3 is 2.81 bits per heavy atom.